The van der Waals surface area contributed by atoms with Gasteiger partial charge in [0.25, 0.3) is 0 Å². The van der Waals surface area contributed by atoms with Crippen LogP contribution in [0.5, 0.6) is 0 Å². The first-order chi connectivity index (χ1) is 10.2. The van der Waals surface area contributed by atoms with Gasteiger partial charge in [0.2, 0.25) is 0 Å². The molecule has 2 saturated carbocycles. The second kappa shape index (κ2) is 5.24. The molecule has 0 bridgehead atoms. The van der Waals surface area contributed by atoms with E-state index in [0.717, 1.165) is 32.4 Å². The van der Waals surface area contributed by atoms with Crippen LogP contribution in [0.3, 0.4) is 0 Å². The molecule has 4 heteroatoms. The molecular weight excluding hydrogens is 266 g/mol. The van der Waals surface area contributed by atoms with Gasteiger partial charge in [0.15, 0.2) is 0 Å². The maximum atomic E-state index is 11.8. The van der Waals surface area contributed by atoms with Crippen molar-refractivity contribution in [2.45, 2.75) is 75.5 Å². The van der Waals surface area contributed by atoms with Gasteiger partial charge in [-0.05, 0) is 50.4 Å². The SMILES string of the molecule is O=C(O)C1C2CCCC2CN1C1CCOC2(CCCC2)C1. The number of fused-ring (bicyclic) bond motifs is 1. The molecule has 0 amide bonds. The zero-order chi connectivity index (χ0) is 14.4. The van der Waals surface area contributed by atoms with Crippen molar-refractivity contribution in [2.75, 3.05) is 13.2 Å². The summed E-state index contributed by atoms with van der Waals surface area (Å²) in [6.45, 7) is 1.84. The van der Waals surface area contributed by atoms with E-state index < -0.39 is 5.97 Å². The molecule has 2 saturated heterocycles. The standard InChI is InChI=1S/C17H27NO3/c19-16(20)15-14-5-3-4-12(14)11-18(15)13-6-9-21-17(10-13)7-1-2-8-17/h12-15H,1-11H2,(H,19,20). The van der Waals surface area contributed by atoms with Crippen molar-refractivity contribution in [3.63, 3.8) is 0 Å². The summed E-state index contributed by atoms with van der Waals surface area (Å²) < 4.78 is 6.13. The lowest BCUT2D eigenvalue weighted by molar-refractivity contribution is -0.148. The molecule has 21 heavy (non-hydrogen) atoms. The van der Waals surface area contributed by atoms with Gasteiger partial charge in [-0.1, -0.05) is 19.3 Å². The molecule has 0 aromatic heterocycles. The Morgan fingerprint density at radius 2 is 1.95 bits per heavy atom. The van der Waals surface area contributed by atoms with Gasteiger partial charge < -0.3 is 9.84 Å². The Morgan fingerprint density at radius 3 is 2.71 bits per heavy atom. The lowest BCUT2D eigenvalue weighted by Gasteiger charge is -2.43. The number of nitrogens with zero attached hydrogens (tertiary/aromatic N) is 1. The van der Waals surface area contributed by atoms with Crippen molar-refractivity contribution >= 4 is 5.97 Å². The first-order valence-electron chi connectivity index (χ1n) is 8.81. The Balaban J connectivity index is 1.53. The Hall–Kier alpha value is -0.610. The molecule has 4 unspecified atom stereocenters. The minimum atomic E-state index is -0.587. The van der Waals surface area contributed by atoms with Gasteiger partial charge in [-0.3, -0.25) is 9.69 Å². The largest absolute Gasteiger partial charge is 0.480 e. The van der Waals surface area contributed by atoms with Crippen LogP contribution in [-0.2, 0) is 9.53 Å². The van der Waals surface area contributed by atoms with Gasteiger partial charge in [0.1, 0.15) is 6.04 Å². The number of hydrogen-bond acceptors (Lipinski definition) is 3. The number of carboxylic acid groups (broad SMARTS) is 1. The Bertz CT molecular complexity index is 418. The number of aliphatic carboxylic acids is 1. The molecular formula is C17H27NO3. The molecule has 4 aliphatic rings. The summed E-state index contributed by atoms with van der Waals surface area (Å²) in [6, 6.07) is 0.211. The quantitative estimate of drug-likeness (QED) is 0.850. The fourth-order valence-electron chi connectivity index (χ4n) is 5.69. The number of carbonyl (C=O) groups is 1. The summed E-state index contributed by atoms with van der Waals surface area (Å²) in [6.07, 6.45) is 10.6. The third-order valence-corrected chi connectivity index (χ3v) is 6.63. The van der Waals surface area contributed by atoms with Gasteiger partial charge in [-0.2, -0.15) is 0 Å². The van der Waals surface area contributed by atoms with Crippen molar-refractivity contribution < 1.29 is 14.6 Å². The molecule has 0 aromatic rings. The maximum absolute atomic E-state index is 11.8. The van der Waals surface area contributed by atoms with E-state index in [4.69, 9.17) is 4.74 Å². The average Bonchev–Trinajstić information content (AvgIpc) is 3.13. The Morgan fingerprint density at radius 1 is 1.14 bits per heavy atom. The van der Waals surface area contributed by atoms with Crippen LogP contribution >= 0.6 is 0 Å². The lowest BCUT2D eigenvalue weighted by Crippen LogP contribution is -2.52. The summed E-state index contributed by atoms with van der Waals surface area (Å²) in [5, 5.41) is 9.75. The highest BCUT2D eigenvalue weighted by Crippen LogP contribution is 2.47. The van der Waals surface area contributed by atoms with E-state index in [1.165, 1.54) is 38.5 Å². The number of ether oxygens (including phenoxy) is 1. The van der Waals surface area contributed by atoms with Crippen molar-refractivity contribution in [3.05, 3.63) is 0 Å². The van der Waals surface area contributed by atoms with Gasteiger partial charge in [-0.25, -0.2) is 0 Å². The van der Waals surface area contributed by atoms with Gasteiger partial charge in [0.05, 0.1) is 5.60 Å². The van der Waals surface area contributed by atoms with Crippen molar-refractivity contribution in [1.29, 1.82) is 0 Å². The zero-order valence-electron chi connectivity index (χ0n) is 12.8. The van der Waals surface area contributed by atoms with Crippen molar-refractivity contribution in [1.82, 2.24) is 4.90 Å². The van der Waals surface area contributed by atoms with Crippen LogP contribution in [0.2, 0.25) is 0 Å². The molecule has 0 radical (unpaired) electrons. The minimum absolute atomic E-state index is 0.0870. The van der Waals surface area contributed by atoms with Crippen LogP contribution in [0.25, 0.3) is 0 Å². The van der Waals surface area contributed by atoms with Gasteiger partial charge >= 0.3 is 5.97 Å². The minimum Gasteiger partial charge on any atom is -0.480 e. The van der Waals surface area contributed by atoms with E-state index in [1.54, 1.807) is 0 Å². The summed E-state index contributed by atoms with van der Waals surface area (Å²) in [4.78, 5) is 14.2. The van der Waals surface area contributed by atoms with Crippen LogP contribution in [0.15, 0.2) is 0 Å². The number of likely N-dealkylation sites (tertiary alicyclic amines) is 1. The van der Waals surface area contributed by atoms with Gasteiger partial charge in [-0.15, -0.1) is 0 Å². The molecule has 2 heterocycles. The fourth-order valence-corrected chi connectivity index (χ4v) is 5.69. The van der Waals surface area contributed by atoms with E-state index >= 15 is 0 Å². The zero-order valence-corrected chi connectivity index (χ0v) is 12.8. The molecule has 0 aromatic carbocycles. The lowest BCUT2D eigenvalue weighted by atomic mass is 9.87. The molecule has 4 rings (SSSR count). The van der Waals surface area contributed by atoms with Crippen molar-refractivity contribution in [2.24, 2.45) is 11.8 Å². The summed E-state index contributed by atoms with van der Waals surface area (Å²) in [5.74, 6) is 0.453. The second-order valence-electron chi connectivity index (χ2n) is 7.72. The van der Waals surface area contributed by atoms with Crippen LogP contribution in [0.4, 0.5) is 0 Å². The van der Waals surface area contributed by atoms with E-state index in [-0.39, 0.29) is 11.6 Å². The smallest absolute Gasteiger partial charge is 0.321 e. The normalized spacial score (nSPS) is 42.5. The number of rotatable bonds is 2. The average molecular weight is 293 g/mol. The third kappa shape index (κ3) is 2.31. The van der Waals surface area contributed by atoms with Crippen LogP contribution in [0, 0.1) is 11.8 Å². The number of hydrogen-bond donors (Lipinski definition) is 1. The topological polar surface area (TPSA) is 49.8 Å². The molecule has 2 aliphatic heterocycles. The van der Waals surface area contributed by atoms with E-state index in [0.29, 0.717) is 17.9 Å². The molecule has 1 N–H and O–H groups in total. The van der Waals surface area contributed by atoms with E-state index in [2.05, 4.69) is 4.90 Å². The summed E-state index contributed by atoms with van der Waals surface area (Å²) >= 11 is 0. The van der Waals surface area contributed by atoms with E-state index in [1.807, 2.05) is 0 Å². The number of carboxylic acids is 1. The third-order valence-electron chi connectivity index (χ3n) is 6.63. The molecule has 4 nitrogen and oxygen atoms in total. The first-order valence-corrected chi connectivity index (χ1v) is 8.81. The predicted octanol–water partition coefficient (Wildman–Crippen LogP) is 2.66. The molecule has 4 fully saturated rings. The van der Waals surface area contributed by atoms with E-state index in [9.17, 15) is 9.90 Å². The summed E-state index contributed by atoms with van der Waals surface area (Å²) in [5.41, 5.74) is 0.0870. The maximum Gasteiger partial charge on any atom is 0.321 e. The van der Waals surface area contributed by atoms with Crippen LogP contribution in [0.1, 0.15) is 57.8 Å². The highest BCUT2D eigenvalue weighted by Gasteiger charge is 2.52. The predicted molar refractivity (Wildman–Crippen MR) is 79.1 cm³/mol. The molecule has 118 valence electrons. The highest BCUT2D eigenvalue weighted by molar-refractivity contribution is 5.74. The van der Waals surface area contributed by atoms with Crippen LogP contribution < -0.4 is 0 Å². The summed E-state index contributed by atoms with van der Waals surface area (Å²) in [7, 11) is 0. The highest BCUT2D eigenvalue weighted by atomic mass is 16.5. The Labute approximate surface area is 126 Å². The second-order valence-corrected chi connectivity index (χ2v) is 7.72. The Kier molecular flexibility index (Phi) is 3.49. The van der Waals surface area contributed by atoms with Gasteiger partial charge in [0, 0.05) is 19.2 Å². The molecule has 1 spiro atoms. The van der Waals surface area contributed by atoms with Crippen molar-refractivity contribution in [3.8, 4) is 0 Å². The first kappa shape index (κ1) is 14.0. The monoisotopic (exact) mass is 293 g/mol. The van der Waals surface area contributed by atoms with Crippen LogP contribution in [-0.4, -0.2) is 46.8 Å². The molecule has 2 aliphatic carbocycles. The fraction of sp³-hybridized carbons (Fsp3) is 0.941. The molecule has 4 atom stereocenters.